The SMILES string of the molecule is O=C(Cc1ccc(Cl)cc1Cl)c1ncccn1. The minimum Gasteiger partial charge on any atom is -0.290 e. The van der Waals surface area contributed by atoms with Crippen LogP contribution in [0.1, 0.15) is 16.2 Å². The molecule has 0 amide bonds. The molecule has 0 atom stereocenters. The third-order valence-electron chi connectivity index (χ3n) is 2.18. The number of hydrogen-bond donors (Lipinski definition) is 0. The smallest absolute Gasteiger partial charge is 0.204 e. The molecule has 86 valence electrons. The molecule has 0 aliphatic heterocycles. The highest BCUT2D eigenvalue weighted by Crippen LogP contribution is 2.21. The molecule has 0 radical (unpaired) electrons. The predicted molar refractivity (Wildman–Crippen MR) is 66.5 cm³/mol. The summed E-state index contributed by atoms with van der Waals surface area (Å²) in [6.45, 7) is 0. The van der Waals surface area contributed by atoms with Gasteiger partial charge in [0.25, 0.3) is 0 Å². The number of carbonyl (C=O) groups excluding carboxylic acids is 1. The molecule has 0 unspecified atom stereocenters. The Balaban J connectivity index is 2.19. The molecule has 0 saturated heterocycles. The zero-order valence-corrected chi connectivity index (χ0v) is 10.2. The maximum Gasteiger partial charge on any atom is 0.204 e. The van der Waals surface area contributed by atoms with Crippen LogP contribution in [0.5, 0.6) is 0 Å². The van der Waals surface area contributed by atoms with E-state index >= 15 is 0 Å². The molecule has 0 spiro atoms. The van der Waals surface area contributed by atoms with Gasteiger partial charge in [-0.25, -0.2) is 9.97 Å². The summed E-state index contributed by atoms with van der Waals surface area (Å²) in [6, 6.07) is 6.69. The van der Waals surface area contributed by atoms with Crippen molar-refractivity contribution < 1.29 is 4.79 Å². The Kier molecular flexibility index (Phi) is 3.71. The fourth-order valence-corrected chi connectivity index (χ4v) is 1.84. The fraction of sp³-hybridized carbons (Fsp3) is 0.0833. The van der Waals surface area contributed by atoms with Gasteiger partial charge in [0.05, 0.1) is 0 Å². The summed E-state index contributed by atoms with van der Waals surface area (Å²) < 4.78 is 0. The van der Waals surface area contributed by atoms with Crippen LogP contribution in [0.25, 0.3) is 0 Å². The van der Waals surface area contributed by atoms with Crippen molar-refractivity contribution in [2.75, 3.05) is 0 Å². The van der Waals surface area contributed by atoms with E-state index < -0.39 is 0 Å². The van der Waals surface area contributed by atoms with Gasteiger partial charge in [0.15, 0.2) is 5.82 Å². The van der Waals surface area contributed by atoms with Crippen LogP contribution in [-0.4, -0.2) is 15.8 Å². The standard InChI is InChI=1S/C12H8Cl2N2O/c13-9-3-2-8(10(14)7-9)6-11(17)12-15-4-1-5-16-12/h1-5,7H,6H2. The van der Waals surface area contributed by atoms with Gasteiger partial charge in [-0.2, -0.15) is 0 Å². The summed E-state index contributed by atoms with van der Waals surface area (Å²) >= 11 is 11.8. The van der Waals surface area contributed by atoms with Crippen molar-refractivity contribution in [3.05, 3.63) is 58.1 Å². The summed E-state index contributed by atoms with van der Waals surface area (Å²) in [5.74, 6) is 0.0216. The molecule has 17 heavy (non-hydrogen) atoms. The lowest BCUT2D eigenvalue weighted by Gasteiger charge is -2.03. The largest absolute Gasteiger partial charge is 0.290 e. The second-order valence-corrected chi connectivity index (χ2v) is 4.25. The molecule has 0 bridgehead atoms. The molecule has 1 heterocycles. The topological polar surface area (TPSA) is 42.9 Å². The fourth-order valence-electron chi connectivity index (χ4n) is 1.36. The molecule has 0 saturated carbocycles. The Morgan fingerprint density at radius 3 is 2.53 bits per heavy atom. The van der Waals surface area contributed by atoms with Gasteiger partial charge >= 0.3 is 0 Å². The van der Waals surface area contributed by atoms with Gasteiger partial charge in [-0.3, -0.25) is 4.79 Å². The summed E-state index contributed by atoms with van der Waals surface area (Å²) in [4.78, 5) is 19.6. The molecule has 0 aliphatic carbocycles. The molecule has 3 nitrogen and oxygen atoms in total. The molecule has 5 heteroatoms. The Bertz CT molecular complexity index is 543. The number of carbonyl (C=O) groups is 1. The maximum atomic E-state index is 11.8. The van der Waals surface area contributed by atoms with Crippen molar-refractivity contribution in [1.82, 2.24) is 9.97 Å². The molecule has 0 fully saturated rings. The van der Waals surface area contributed by atoms with Crippen LogP contribution < -0.4 is 0 Å². The van der Waals surface area contributed by atoms with E-state index in [0.717, 1.165) is 0 Å². The third kappa shape index (κ3) is 3.02. The minimum absolute atomic E-state index is 0.167. The monoisotopic (exact) mass is 266 g/mol. The normalized spacial score (nSPS) is 10.2. The van der Waals surface area contributed by atoms with Crippen LogP contribution in [0.15, 0.2) is 36.7 Å². The number of ketones is 1. The first-order valence-electron chi connectivity index (χ1n) is 4.91. The van der Waals surface area contributed by atoms with E-state index in [2.05, 4.69) is 9.97 Å². The van der Waals surface area contributed by atoms with E-state index in [0.29, 0.717) is 15.6 Å². The average Bonchev–Trinajstić information content (AvgIpc) is 2.34. The number of halogens is 2. The number of nitrogens with zero attached hydrogens (tertiary/aromatic N) is 2. The number of benzene rings is 1. The molecule has 1 aromatic heterocycles. The first-order valence-corrected chi connectivity index (χ1v) is 5.66. The third-order valence-corrected chi connectivity index (χ3v) is 2.77. The average molecular weight is 267 g/mol. The summed E-state index contributed by atoms with van der Waals surface area (Å²) in [7, 11) is 0. The first-order chi connectivity index (χ1) is 8.16. The zero-order chi connectivity index (χ0) is 12.3. The van der Waals surface area contributed by atoms with Crippen LogP contribution in [-0.2, 0) is 6.42 Å². The van der Waals surface area contributed by atoms with Crippen LogP contribution in [0.4, 0.5) is 0 Å². The Labute approximate surface area is 108 Å². The number of Topliss-reactive ketones (excluding diaryl/α,β-unsaturated/α-hetero) is 1. The number of aromatic nitrogens is 2. The zero-order valence-electron chi connectivity index (χ0n) is 8.73. The highest BCUT2D eigenvalue weighted by Gasteiger charge is 2.11. The van der Waals surface area contributed by atoms with E-state index in [4.69, 9.17) is 23.2 Å². The molecular formula is C12H8Cl2N2O. The lowest BCUT2D eigenvalue weighted by atomic mass is 10.1. The highest BCUT2D eigenvalue weighted by molar-refractivity contribution is 6.35. The molecule has 2 aromatic rings. The first kappa shape index (κ1) is 12.0. The van der Waals surface area contributed by atoms with Gasteiger partial charge in [-0.1, -0.05) is 29.3 Å². The lowest BCUT2D eigenvalue weighted by molar-refractivity contribution is 0.0983. The van der Waals surface area contributed by atoms with Crippen molar-refractivity contribution in [2.24, 2.45) is 0 Å². The Morgan fingerprint density at radius 1 is 1.18 bits per heavy atom. The van der Waals surface area contributed by atoms with Crippen molar-refractivity contribution in [3.63, 3.8) is 0 Å². The predicted octanol–water partition coefficient (Wildman–Crippen LogP) is 3.21. The quantitative estimate of drug-likeness (QED) is 0.802. The van der Waals surface area contributed by atoms with Gasteiger partial charge in [0, 0.05) is 28.9 Å². The maximum absolute atomic E-state index is 11.8. The van der Waals surface area contributed by atoms with Gasteiger partial charge in [0.2, 0.25) is 5.78 Å². The van der Waals surface area contributed by atoms with Gasteiger partial charge < -0.3 is 0 Å². The van der Waals surface area contributed by atoms with Gasteiger partial charge in [-0.15, -0.1) is 0 Å². The van der Waals surface area contributed by atoms with Crippen molar-refractivity contribution >= 4 is 29.0 Å². The lowest BCUT2D eigenvalue weighted by Crippen LogP contribution is -2.08. The van der Waals surface area contributed by atoms with Crippen molar-refractivity contribution in [3.8, 4) is 0 Å². The Morgan fingerprint density at radius 2 is 1.88 bits per heavy atom. The summed E-state index contributed by atoms with van der Waals surface area (Å²) in [5, 5.41) is 1.02. The molecular weight excluding hydrogens is 259 g/mol. The van der Waals surface area contributed by atoms with Crippen LogP contribution in [0.2, 0.25) is 10.0 Å². The van der Waals surface area contributed by atoms with Crippen LogP contribution in [0, 0.1) is 0 Å². The van der Waals surface area contributed by atoms with Crippen LogP contribution >= 0.6 is 23.2 Å². The van der Waals surface area contributed by atoms with Gasteiger partial charge in [-0.05, 0) is 23.8 Å². The van der Waals surface area contributed by atoms with Crippen LogP contribution in [0.3, 0.4) is 0 Å². The van der Waals surface area contributed by atoms with E-state index in [1.54, 1.807) is 24.3 Å². The number of hydrogen-bond acceptors (Lipinski definition) is 3. The minimum atomic E-state index is -0.171. The molecule has 0 aliphatic rings. The van der Waals surface area contributed by atoms with Gasteiger partial charge in [0.1, 0.15) is 0 Å². The van der Waals surface area contributed by atoms with Crippen molar-refractivity contribution in [2.45, 2.75) is 6.42 Å². The second kappa shape index (κ2) is 5.25. The van der Waals surface area contributed by atoms with E-state index in [1.807, 2.05) is 0 Å². The van der Waals surface area contributed by atoms with Crippen molar-refractivity contribution in [1.29, 1.82) is 0 Å². The molecule has 1 aromatic carbocycles. The van der Waals surface area contributed by atoms with E-state index in [-0.39, 0.29) is 18.0 Å². The summed E-state index contributed by atoms with van der Waals surface area (Å²) in [5.41, 5.74) is 0.716. The molecule has 2 rings (SSSR count). The van der Waals surface area contributed by atoms with E-state index in [1.165, 1.54) is 12.4 Å². The molecule has 0 N–H and O–H groups in total. The Hall–Kier alpha value is -1.45. The number of rotatable bonds is 3. The second-order valence-electron chi connectivity index (χ2n) is 3.41. The summed E-state index contributed by atoms with van der Waals surface area (Å²) in [6.07, 6.45) is 3.23. The highest BCUT2D eigenvalue weighted by atomic mass is 35.5. The van der Waals surface area contributed by atoms with E-state index in [9.17, 15) is 4.79 Å².